The highest BCUT2D eigenvalue weighted by molar-refractivity contribution is 5.38. The molecule has 1 N–H and O–H groups in total. The van der Waals surface area contributed by atoms with Crippen molar-refractivity contribution in [3.05, 3.63) is 47.3 Å². The van der Waals surface area contributed by atoms with Gasteiger partial charge >= 0.3 is 6.18 Å². The van der Waals surface area contributed by atoms with E-state index in [9.17, 15) is 18.3 Å². The molecule has 0 saturated heterocycles. The minimum atomic E-state index is -4.41. The lowest BCUT2D eigenvalue weighted by Gasteiger charge is -2.12. The lowest BCUT2D eigenvalue weighted by Crippen LogP contribution is -2.05. The molecule has 0 aliphatic rings. The van der Waals surface area contributed by atoms with Crippen molar-refractivity contribution in [2.24, 2.45) is 0 Å². The number of rotatable bonds is 4. The fourth-order valence-corrected chi connectivity index (χ4v) is 1.95. The highest BCUT2D eigenvalue weighted by Gasteiger charge is 2.32. The summed E-state index contributed by atoms with van der Waals surface area (Å²) in [6, 6.07) is 5.07. The first kappa shape index (κ1) is 15.4. The number of nitrogens with zero attached hydrogens (tertiary/aromatic N) is 2. The average molecular weight is 300 g/mol. The monoisotopic (exact) mass is 300 g/mol. The van der Waals surface area contributed by atoms with Crippen molar-refractivity contribution in [3.8, 4) is 5.75 Å². The second-order valence-corrected chi connectivity index (χ2v) is 4.67. The normalized spacial score (nSPS) is 13.2. The molecule has 1 unspecified atom stereocenters. The first-order chi connectivity index (χ1) is 9.81. The van der Waals surface area contributed by atoms with Crippen molar-refractivity contribution in [2.45, 2.75) is 25.7 Å². The molecule has 0 bridgehead atoms. The molecule has 2 rings (SSSR count). The summed E-state index contributed by atoms with van der Waals surface area (Å²) in [5.74, 6) is 0.531. The van der Waals surface area contributed by atoms with Crippen molar-refractivity contribution in [2.75, 3.05) is 7.11 Å². The van der Waals surface area contributed by atoms with Gasteiger partial charge in [0.1, 0.15) is 5.75 Å². The molecule has 0 radical (unpaired) electrons. The number of benzene rings is 1. The average Bonchev–Trinajstić information content (AvgIpc) is 2.87. The van der Waals surface area contributed by atoms with E-state index in [1.807, 2.05) is 0 Å². The van der Waals surface area contributed by atoms with Gasteiger partial charge in [-0.1, -0.05) is 6.07 Å². The Morgan fingerprint density at radius 1 is 1.38 bits per heavy atom. The topological polar surface area (TPSA) is 47.3 Å². The molecule has 0 aliphatic carbocycles. The zero-order chi connectivity index (χ0) is 15.6. The van der Waals surface area contributed by atoms with E-state index in [4.69, 9.17) is 4.74 Å². The molecule has 0 spiro atoms. The van der Waals surface area contributed by atoms with Crippen molar-refractivity contribution in [3.63, 3.8) is 0 Å². The quantitative estimate of drug-likeness (QED) is 0.944. The molecule has 4 nitrogen and oxygen atoms in total. The van der Waals surface area contributed by atoms with Gasteiger partial charge in [-0.15, -0.1) is 0 Å². The highest BCUT2D eigenvalue weighted by Crippen LogP contribution is 2.29. The van der Waals surface area contributed by atoms with E-state index in [2.05, 4.69) is 5.10 Å². The summed E-state index contributed by atoms with van der Waals surface area (Å²) >= 11 is 0. The van der Waals surface area contributed by atoms with Crippen LogP contribution >= 0.6 is 0 Å². The fraction of sp³-hybridized carbons (Fsp3) is 0.357. The number of alkyl halides is 3. The van der Waals surface area contributed by atoms with Crippen LogP contribution in [0.5, 0.6) is 5.75 Å². The van der Waals surface area contributed by atoms with Crippen LogP contribution in [0.4, 0.5) is 13.2 Å². The zero-order valence-corrected chi connectivity index (χ0v) is 11.6. The second kappa shape index (κ2) is 5.77. The maximum atomic E-state index is 12.5. The van der Waals surface area contributed by atoms with Crippen LogP contribution in [0.25, 0.3) is 0 Å². The number of methoxy groups -OCH3 is 1. The Labute approximate surface area is 119 Å². The van der Waals surface area contributed by atoms with Gasteiger partial charge in [0.05, 0.1) is 31.5 Å². The molecule has 7 heteroatoms. The number of aromatic nitrogens is 2. The number of aliphatic hydroxyl groups is 1. The Balaban J connectivity index is 2.29. The largest absolute Gasteiger partial charge is 0.496 e. The summed E-state index contributed by atoms with van der Waals surface area (Å²) in [4.78, 5) is 0. The molecule has 1 aromatic carbocycles. The van der Waals surface area contributed by atoms with Crippen molar-refractivity contribution in [1.29, 1.82) is 0 Å². The van der Waals surface area contributed by atoms with Gasteiger partial charge in [0.15, 0.2) is 0 Å². The molecule has 1 atom stereocenters. The van der Waals surface area contributed by atoms with Crippen molar-refractivity contribution >= 4 is 0 Å². The molecule has 0 fully saturated rings. The summed E-state index contributed by atoms with van der Waals surface area (Å²) in [5, 5.41) is 13.3. The Hall–Kier alpha value is -2.02. The second-order valence-electron chi connectivity index (χ2n) is 4.67. The first-order valence-electron chi connectivity index (χ1n) is 6.26. The minimum absolute atomic E-state index is 0.125. The maximum Gasteiger partial charge on any atom is 0.419 e. The Kier molecular flexibility index (Phi) is 4.22. The van der Waals surface area contributed by atoms with Gasteiger partial charge in [-0.2, -0.15) is 18.3 Å². The number of hydrogen-bond donors (Lipinski definition) is 1. The van der Waals surface area contributed by atoms with Gasteiger partial charge in [-0.3, -0.25) is 4.68 Å². The molecule has 1 aromatic heterocycles. The minimum Gasteiger partial charge on any atom is -0.496 e. The highest BCUT2D eigenvalue weighted by atomic mass is 19.4. The molecule has 0 aliphatic heterocycles. The van der Waals surface area contributed by atoms with Gasteiger partial charge < -0.3 is 9.84 Å². The van der Waals surface area contributed by atoms with Crippen molar-refractivity contribution in [1.82, 2.24) is 9.78 Å². The number of aliphatic hydroxyl groups excluding tert-OH is 1. The van der Waals surface area contributed by atoms with E-state index in [0.29, 0.717) is 16.9 Å². The lowest BCUT2D eigenvalue weighted by molar-refractivity contribution is -0.137. The Morgan fingerprint density at radius 3 is 2.62 bits per heavy atom. The van der Waals surface area contributed by atoms with E-state index in [-0.39, 0.29) is 6.54 Å². The third-order valence-corrected chi connectivity index (χ3v) is 3.08. The van der Waals surface area contributed by atoms with E-state index in [1.165, 1.54) is 11.8 Å². The van der Waals surface area contributed by atoms with Crippen LogP contribution in [0.2, 0.25) is 0 Å². The zero-order valence-electron chi connectivity index (χ0n) is 11.6. The van der Waals surface area contributed by atoms with E-state index in [0.717, 1.165) is 12.4 Å². The summed E-state index contributed by atoms with van der Waals surface area (Å²) in [6.07, 6.45) is -3.36. The molecular formula is C14H15F3N2O2. The molecule has 1 heterocycles. The molecule has 21 heavy (non-hydrogen) atoms. The predicted octanol–water partition coefficient (Wildman–Crippen LogP) is 3.01. The van der Waals surface area contributed by atoms with Gasteiger partial charge in [-0.05, 0) is 24.6 Å². The third-order valence-electron chi connectivity index (χ3n) is 3.08. The molecule has 114 valence electrons. The van der Waals surface area contributed by atoms with Gasteiger partial charge in [-0.25, -0.2) is 0 Å². The summed E-state index contributed by atoms with van der Waals surface area (Å²) in [6.45, 7) is 1.74. The summed E-state index contributed by atoms with van der Waals surface area (Å²) < 4.78 is 44.0. The predicted molar refractivity (Wildman–Crippen MR) is 70.0 cm³/mol. The molecule has 0 amide bonds. The number of hydrogen-bond acceptors (Lipinski definition) is 3. The Morgan fingerprint density at radius 2 is 2.10 bits per heavy atom. The van der Waals surface area contributed by atoms with Gasteiger partial charge in [0.2, 0.25) is 0 Å². The maximum absolute atomic E-state index is 12.5. The molecule has 0 saturated carbocycles. The first-order valence-corrected chi connectivity index (χ1v) is 6.26. The van der Waals surface area contributed by atoms with Crippen LogP contribution in [-0.4, -0.2) is 22.0 Å². The number of ether oxygens (including phenoxy) is 1. The van der Waals surface area contributed by atoms with Crippen LogP contribution in [-0.2, 0) is 12.7 Å². The van der Waals surface area contributed by atoms with Gasteiger partial charge in [0.25, 0.3) is 0 Å². The van der Waals surface area contributed by atoms with Crippen LogP contribution in [0.15, 0.2) is 30.6 Å². The van der Waals surface area contributed by atoms with Crippen LogP contribution in [0, 0.1) is 0 Å². The van der Waals surface area contributed by atoms with E-state index < -0.39 is 17.8 Å². The Bertz CT molecular complexity index is 621. The third kappa shape index (κ3) is 3.55. The fourth-order valence-electron chi connectivity index (χ4n) is 1.95. The molecular weight excluding hydrogens is 285 g/mol. The van der Waals surface area contributed by atoms with Crippen LogP contribution < -0.4 is 4.74 Å². The summed E-state index contributed by atoms with van der Waals surface area (Å²) in [7, 11) is 1.48. The standard InChI is InChI=1S/C14H15F3N2O2/c1-9(20)10-3-4-13(21-2)11(5-10)7-19-8-12(6-18-19)14(15,16)17/h3-6,8-9,20H,7H2,1-2H3. The van der Waals surface area contributed by atoms with Crippen LogP contribution in [0.3, 0.4) is 0 Å². The van der Waals surface area contributed by atoms with Crippen molar-refractivity contribution < 1.29 is 23.0 Å². The lowest BCUT2D eigenvalue weighted by atomic mass is 10.1. The van der Waals surface area contributed by atoms with Crippen LogP contribution in [0.1, 0.15) is 29.7 Å². The van der Waals surface area contributed by atoms with E-state index >= 15 is 0 Å². The molecule has 2 aromatic rings. The van der Waals surface area contributed by atoms with E-state index in [1.54, 1.807) is 25.1 Å². The smallest absolute Gasteiger partial charge is 0.419 e. The summed E-state index contributed by atoms with van der Waals surface area (Å²) in [5.41, 5.74) is 0.509. The number of halogens is 3. The van der Waals surface area contributed by atoms with Gasteiger partial charge in [0, 0.05) is 11.8 Å². The SMILES string of the molecule is COc1ccc(C(C)O)cc1Cn1cc(C(F)(F)F)cn1.